The molecule has 0 bridgehead atoms. The molecular weight excluding hydrogens is 340 g/mol. The van der Waals surface area contributed by atoms with Gasteiger partial charge in [0.15, 0.2) is 0 Å². The molecule has 108 valence electrons. The van der Waals surface area contributed by atoms with Crippen molar-refractivity contribution in [2.45, 2.75) is 12.6 Å². The summed E-state index contributed by atoms with van der Waals surface area (Å²) in [5.74, 6) is 0.999. The number of rotatable bonds is 5. The van der Waals surface area contributed by atoms with E-state index in [1.807, 2.05) is 43.1 Å². The highest BCUT2D eigenvalue weighted by Crippen LogP contribution is 2.29. The van der Waals surface area contributed by atoms with Crippen molar-refractivity contribution < 1.29 is 0 Å². The third kappa shape index (κ3) is 3.41. The van der Waals surface area contributed by atoms with E-state index in [2.05, 4.69) is 25.8 Å². The van der Waals surface area contributed by atoms with E-state index >= 15 is 0 Å². The van der Waals surface area contributed by atoms with Crippen LogP contribution in [0.2, 0.25) is 5.02 Å². The van der Waals surface area contributed by atoms with Crippen LogP contribution in [-0.4, -0.2) is 28.0 Å². The van der Waals surface area contributed by atoms with Crippen LogP contribution in [0.4, 0.5) is 0 Å². The van der Waals surface area contributed by atoms with Crippen molar-refractivity contribution in [3.05, 3.63) is 51.5 Å². The fraction of sp³-hybridized carbons (Fsp3) is 0.357. The number of halogens is 2. The Kier molecular flexibility index (Phi) is 5.21. The number of hydrogen-bond acceptors (Lipinski definition) is 3. The predicted molar refractivity (Wildman–Crippen MR) is 85.6 cm³/mol. The van der Waals surface area contributed by atoms with Gasteiger partial charge in [0.2, 0.25) is 0 Å². The third-order valence-electron chi connectivity index (χ3n) is 3.39. The number of benzene rings is 1. The fourth-order valence-corrected chi connectivity index (χ4v) is 3.00. The molecule has 0 aliphatic carbocycles. The Hall–Kier alpha value is -0.880. The monoisotopic (exact) mass is 356 g/mol. The molecule has 1 atom stereocenters. The molecule has 0 aliphatic heterocycles. The smallest absolute Gasteiger partial charge is 0.122 e. The number of hydrogen-bond donors (Lipinski definition) is 1. The van der Waals surface area contributed by atoms with Crippen LogP contribution in [0.15, 0.2) is 35.1 Å². The maximum absolute atomic E-state index is 6.33. The molecule has 1 aromatic carbocycles. The average molecular weight is 358 g/mol. The largest absolute Gasteiger partial charge is 0.337 e. The first-order valence-corrected chi connectivity index (χ1v) is 7.51. The molecule has 0 radical (unpaired) electrons. The molecule has 1 heterocycles. The highest BCUT2D eigenvalue weighted by atomic mass is 79.9. The first-order chi connectivity index (χ1) is 9.52. The Morgan fingerprint density at radius 2 is 2.25 bits per heavy atom. The molecule has 0 saturated carbocycles. The maximum atomic E-state index is 6.33. The molecule has 20 heavy (non-hydrogen) atoms. The molecule has 2 rings (SSSR count). The normalized spacial score (nSPS) is 12.9. The maximum Gasteiger partial charge on any atom is 0.122 e. The molecule has 2 N–H and O–H groups in total. The van der Waals surface area contributed by atoms with Crippen molar-refractivity contribution in [3.8, 4) is 0 Å². The van der Waals surface area contributed by atoms with Gasteiger partial charge in [0, 0.05) is 41.5 Å². The van der Waals surface area contributed by atoms with Gasteiger partial charge in [-0.1, -0.05) is 33.6 Å². The highest BCUT2D eigenvalue weighted by molar-refractivity contribution is 9.10. The van der Waals surface area contributed by atoms with Crippen LogP contribution in [-0.2, 0) is 13.6 Å². The molecule has 0 aliphatic rings. The van der Waals surface area contributed by atoms with Gasteiger partial charge in [-0.15, -0.1) is 0 Å². The van der Waals surface area contributed by atoms with Gasteiger partial charge in [0.05, 0.1) is 6.54 Å². The quantitative estimate of drug-likeness (QED) is 0.895. The van der Waals surface area contributed by atoms with E-state index in [0.717, 1.165) is 27.4 Å². The SMILES string of the molecule is CN(Cc1nccn1C)C(CN)c1ccc(Br)cc1Cl. The zero-order valence-electron chi connectivity index (χ0n) is 11.6. The summed E-state index contributed by atoms with van der Waals surface area (Å²) in [6, 6.07) is 5.96. The summed E-state index contributed by atoms with van der Waals surface area (Å²) in [5, 5.41) is 0.724. The molecule has 1 aromatic heterocycles. The van der Waals surface area contributed by atoms with Crippen molar-refractivity contribution in [1.29, 1.82) is 0 Å². The van der Waals surface area contributed by atoms with Crippen molar-refractivity contribution >= 4 is 27.5 Å². The zero-order chi connectivity index (χ0) is 14.7. The van der Waals surface area contributed by atoms with E-state index in [1.165, 1.54) is 0 Å². The van der Waals surface area contributed by atoms with Crippen LogP contribution in [0, 0.1) is 0 Å². The lowest BCUT2D eigenvalue weighted by molar-refractivity contribution is 0.234. The van der Waals surface area contributed by atoms with Crippen LogP contribution in [0.1, 0.15) is 17.4 Å². The molecule has 1 unspecified atom stereocenters. The van der Waals surface area contributed by atoms with Crippen LogP contribution in [0.3, 0.4) is 0 Å². The molecule has 0 spiro atoms. The fourth-order valence-electron chi connectivity index (χ4n) is 2.20. The van der Waals surface area contributed by atoms with Gasteiger partial charge in [-0.05, 0) is 24.7 Å². The Bertz CT molecular complexity index is 584. The highest BCUT2D eigenvalue weighted by Gasteiger charge is 2.19. The first-order valence-electron chi connectivity index (χ1n) is 6.34. The van der Waals surface area contributed by atoms with E-state index in [1.54, 1.807) is 6.20 Å². The van der Waals surface area contributed by atoms with Crippen molar-refractivity contribution in [2.75, 3.05) is 13.6 Å². The molecule has 0 amide bonds. The first kappa shape index (κ1) is 15.5. The zero-order valence-corrected chi connectivity index (χ0v) is 13.9. The summed E-state index contributed by atoms with van der Waals surface area (Å²) in [6.07, 6.45) is 3.74. The van der Waals surface area contributed by atoms with Crippen LogP contribution in [0.5, 0.6) is 0 Å². The van der Waals surface area contributed by atoms with E-state index in [9.17, 15) is 0 Å². The standard InChI is InChI=1S/C14H18BrClN4/c1-19-6-5-18-14(19)9-20(2)13(8-17)11-4-3-10(15)7-12(11)16/h3-7,13H,8-9,17H2,1-2H3. The van der Waals surface area contributed by atoms with Crippen LogP contribution >= 0.6 is 27.5 Å². The molecule has 2 aromatic rings. The topological polar surface area (TPSA) is 47.1 Å². The minimum absolute atomic E-state index is 0.0623. The number of aryl methyl sites for hydroxylation is 1. The van der Waals surface area contributed by atoms with Gasteiger partial charge >= 0.3 is 0 Å². The second-order valence-corrected chi connectivity index (χ2v) is 6.11. The van der Waals surface area contributed by atoms with Gasteiger partial charge in [-0.2, -0.15) is 0 Å². The summed E-state index contributed by atoms with van der Waals surface area (Å²) in [6.45, 7) is 1.22. The van der Waals surface area contributed by atoms with E-state index in [0.29, 0.717) is 6.54 Å². The Labute approximate surface area is 132 Å². The summed E-state index contributed by atoms with van der Waals surface area (Å²) < 4.78 is 2.97. The van der Waals surface area contributed by atoms with Crippen LogP contribution in [0.25, 0.3) is 0 Å². The van der Waals surface area contributed by atoms with Crippen LogP contribution < -0.4 is 5.73 Å². The summed E-state index contributed by atoms with van der Waals surface area (Å²) >= 11 is 9.75. The summed E-state index contributed by atoms with van der Waals surface area (Å²) in [5.41, 5.74) is 6.98. The molecule has 0 saturated heterocycles. The second-order valence-electron chi connectivity index (χ2n) is 4.79. The minimum atomic E-state index is 0.0623. The number of nitrogens with zero attached hydrogens (tertiary/aromatic N) is 3. The minimum Gasteiger partial charge on any atom is -0.337 e. The van der Waals surface area contributed by atoms with Crippen molar-refractivity contribution in [2.24, 2.45) is 12.8 Å². The van der Waals surface area contributed by atoms with Gasteiger partial charge in [-0.3, -0.25) is 4.90 Å². The number of nitrogens with two attached hydrogens (primary N) is 1. The number of aromatic nitrogens is 2. The lowest BCUT2D eigenvalue weighted by atomic mass is 10.1. The lowest BCUT2D eigenvalue weighted by Gasteiger charge is -2.27. The number of imidazole rings is 1. The van der Waals surface area contributed by atoms with E-state index in [-0.39, 0.29) is 6.04 Å². The van der Waals surface area contributed by atoms with Crippen molar-refractivity contribution in [1.82, 2.24) is 14.5 Å². The molecular formula is C14H18BrClN4. The predicted octanol–water partition coefficient (Wildman–Crippen LogP) is 2.97. The molecule has 4 nitrogen and oxygen atoms in total. The van der Waals surface area contributed by atoms with E-state index in [4.69, 9.17) is 17.3 Å². The third-order valence-corrected chi connectivity index (χ3v) is 4.21. The number of likely N-dealkylation sites (N-methyl/N-ethyl adjacent to an activating group) is 1. The van der Waals surface area contributed by atoms with E-state index < -0.39 is 0 Å². The van der Waals surface area contributed by atoms with Gasteiger partial charge < -0.3 is 10.3 Å². The Morgan fingerprint density at radius 3 is 2.80 bits per heavy atom. The van der Waals surface area contributed by atoms with Gasteiger partial charge in [-0.25, -0.2) is 4.98 Å². The lowest BCUT2D eigenvalue weighted by Crippen LogP contribution is -2.31. The summed E-state index contributed by atoms with van der Waals surface area (Å²) in [4.78, 5) is 6.51. The Morgan fingerprint density at radius 1 is 1.50 bits per heavy atom. The van der Waals surface area contributed by atoms with Gasteiger partial charge in [0.25, 0.3) is 0 Å². The second kappa shape index (κ2) is 6.72. The molecule has 6 heteroatoms. The Balaban J connectivity index is 2.21. The van der Waals surface area contributed by atoms with Gasteiger partial charge in [0.1, 0.15) is 5.82 Å². The average Bonchev–Trinajstić information content (AvgIpc) is 2.78. The summed E-state index contributed by atoms with van der Waals surface area (Å²) in [7, 11) is 4.02. The van der Waals surface area contributed by atoms with Crippen molar-refractivity contribution in [3.63, 3.8) is 0 Å². The molecule has 0 fully saturated rings.